The monoisotopic (exact) mass is 404 g/mol. The first-order valence-electron chi connectivity index (χ1n) is 9.51. The van der Waals surface area contributed by atoms with E-state index < -0.39 is 11.8 Å². The van der Waals surface area contributed by atoms with Crippen LogP contribution >= 0.6 is 12.2 Å². The molecule has 2 aromatic rings. The van der Waals surface area contributed by atoms with Crippen molar-refractivity contribution in [3.05, 3.63) is 78.4 Å². The standard InChI is InChI=1S/C23H20N2O3S/c26-21-20(15-16-7-3-1-4-8-16)22(27)25(23(29)24-21)17-11-13-19(14-12-17)28-18-9-5-2-6-10-18/h1-3,5-6,9-16H,4,7-8H2,(H,24,26,29)/b20-15+. The van der Waals surface area contributed by atoms with E-state index in [-0.39, 0.29) is 16.6 Å². The predicted octanol–water partition coefficient (Wildman–Crippen LogP) is 4.51. The molecular weight excluding hydrogens is 384 g/mol. The number of carbonyl (C=O) groups excluding carboxylic acids is 2. The number of carbonyl (C=O) groups is 2. The van der Waals surface area contributed by atoms with Crippen LogP contribution in [0.1, 0.15) is 19.3 Å². The highest BCUT2D eigenvalue weighted by atomic mass is 32.1. The molecule has 1 heterocycles. The van der Waals surface area contributed by atoms with Gasteiger partial charge in [-0.15, -0.1) is 0 Å². The quantitative estimate of drug-likeness (QED) is 0.353. The molecule has 1 N–H and O–H groups in total. The number of anilines is 1. The minimum atomic E-state index is -0.435. The van der Waals surface area contributed by atoms with Gasteiger partial charge in [0.15, 0.2) is 5.11 Å². The van der Waals surface area contributed by atoms with Gasteiger partial charge in [0.2, 0.25) is 0 Å². The van der Waals surface area contributed by atoms with Crippen LogP contribution in [0.15, 0.2) is 78.4 Å². The number of hydrogen-bond donors (Lipinski definition) is 1. The summed E-state index contributed by atoms with van der Waals surface area (Å²) in [5, 5.41) is 2.71. The lowest BCUT2D eigenvalue weighted by Gasteiger charge is -2.29. The highest BCUT2D eigenvalue weighted by Gasteiger charge is 2.35. The SMILES string of the molecule is O=C1NC(=S)N(c2ccc(Oc3ccccc3)cc2)C(=O)/C1=C/C1CC=CCC1. The van der Waals surface area contributed by atoms with Gasteiger partial charge >= 0.3 is 0 Å². The minimum absolute atomic E-state index is 0.0809. The van der Waals surface area contributed by atoms with Crippen molar-refractivity contribution in [3.63, 3.8) is 0 Å². The zero-order valence-corrected chi connectivity index (χ0v) is 16.5. The van der Waals surface area contributed by atoms with Crippen LogP contribution in [-0.4, -0.2) is 16.9 Å². The smallest absolute Gasteiger partial charge is 0.269 e. The van der Waals surface area contributed by atoms with E-state index in [9.17, 15) is 9.59 Å². The van der Waals surface area contributed by atoms with Gasteiger partial charge in [-0.2, -0.15) is 0 Å². The number of amides is 2. The lowest BCUT2D eigenvalue weighted by molar-refractivity contribution is -0.122. The molecule has 0 radical (unpaired) electrons. The molecule has 1 aliphatic carbocycles. The van der Waals surface area contributed by atoms with Crippen molar-refractivity contribution in [2.45, 2.75) is 19.3 Å². The number of nitrogens with one attached hydrogen (secondary N) is 1. The second-order valence-electron chi connectivity index (χ2n) is 6.93. The molecule has 6 heteroatoms. The second-order valence-corrected chi connectivity index (χ2v) is 7.32. The Morgan fingerprint density at radius 2 is 1.72 bits per heavy atom. The first-order valence-corrected chi connectivity index (χ1v) is 9.92. The van der Waals surface area contributed by atoms with Gasteiger partial charge in [0.1, 0.15) is 17.1 Å². The Hall–Kier alpha value is -3.25. The van der Waals surface area contributed by atoms with Gasteiger partial charge in [-0.05, 0) is 73.8 Å². The Kier molecular flexibility index (Phi) is 5.53. The fraction of sp³-hybridized carbons (Fsp3) is 0.174. The molecule has 0 aromatic heterocycles. The van der Waals surface area contributed by atoms with Crippen molar-refractivity contribution in [3.8, 4) is 11.5 Å². The zero-order chi connectivity index (χ0) is 20.2. The van der Waals surface area contributed by atoms with Gasteiger partial charge in [-0.1, -0.05) is 36.4 Å². The molecule has 0 spiro atoms. The molecule has 1 atom stereocenters. The third-order valence-electron chi connectivity index (χ3n) is 4.89. The Balaban J connectivity index is 1.55. The molecule has 0 bridgehead atoms. The molecule has 1 unspecified atom stereocenters. The number of allylic oxidation sites excluding steroid dienone is 3. The first-order chi connectivity index (χ1) is 14.1. The van der Waals surface area contributed by atoms with Crippen molar-refractivity contribution in [2.24, 2.45) is 5.92 Å². The Bertz CT molecular complexity index is 997. The summed E-state index contributed by atoms with van der Waals surface area (Å²) in [6, 6.07) is 16.5. The average Bonchev–Trinajstić information content (AvgIpc) is 2.74. The summed E-state index contributed by atoms with van der Waals surface area (Å²) in [6.07, 6.45) is 8.71. The maximum absolute atomic E-state index is 13.1. The van der Waals surface area contributed by atoms with Gasteiger partial charge in [0.05, 0.1) is 5.69 Å². The van der Waals surface area contributed by atoms with E-state index in [0.29, 0.717) is 11.4 Å². The number of nitrogens with zero attached hydrogens (tertiary/aromatic N) is 1. The molecule has 146 valence electrons. The van der Waals surface area contributed by atoms with Gasteiger partial charge in [-0.25, -0.2) is 0 Å². The van der Waals surface area contributed by atoms with Gasteiger partial charge in [0.25, 0.3) is 11.8 Å². The summed E-state index contributed by atoms with van der Waals surface area (Å²) in [5.74, 6) is 0.715. The number of thiocarbonyl (C=S) groups is 1. The summed E-state index contributed by atoms with van der Waals surface area (Å²) in [7, 11) is 0. The van der Waals surface area contributed by atoms with E-state index >= 15 is 0 Å². The lowest BCUT2D eigenvalue weighted by Crippen LogP contribution is -2.54. The number of benzene rings is 2. The number of ether oxygens (including phenoxy) is 1. The fourth-order valence-electron chi connectivity index (χ4n) is 3.40. The van der Waals surface area contributed by atoms with Crippen LogP contribution in [0.25, 0.3) is 0 Å². The van der Waals surface area contributed by atoms with Crippen LogP contribution in [-0.2, 0) is 9.59 Å². The summed E-state index contributed by atoms with van der Waals surface area (Å²) in [4.78, 5) is 26.8. The predicted molar refractivity (Wildman–Crippen MR) is 116 cm³/mol. The molecule has 29 heavy (non-hydrogen) atoms. The van der Waals surface area contributed by atoms with E-state index in [0.717, 1.165) is 25.0 Å². The van der Waals surface area contributed by atoms with Crippen LogP contribution in [0.3, 0.4) is 0 Å². The van der Waals surface area contributed by atoms with Gasteiger partial charge in [-0.3, -0.25) is 19.8 Å². The molecule has 2 amide bonds. The molecule has 1 fully saturated rings. The maximum Gasteiger partial charge on any atom is 0.269 e. The van der Waals surface area contributed by atoms with Crippen LogP contribution in [0.4, 0.5) is 5.69 Å². The van der Waals surface area contributed by atoms with E-state index in [1.54, 1.807) is 30.3 Å². The van der Waals surface area contributed by atoms with Crippen LogP contribution in [0, 0.1) is 5.92 Å². The topological polar surface area (TPSA) is 58.6 Å². The number of hydrogen-bond acceptors (Lipinski definition) is 4. The highest BCUT2D eigenvalue weighted by molar-refractivity contribution is 7.80. The molecule has 1 saturated heterocycles. The summed E-state index contributed by atoms with van der Waals surface area (Å²) >= 11 is 5.26. The highest BCUT2D eigenvalue weighted by Crippen LogP contribution is 2.28. The summed E-state index contributed by atoms with van der Waals surface area (Å²) < 4.78 is 5.79. The molecule has 0 saturated carbocycles. The van der Waals surface area contributed by atoms with E-state index in [4.69, 9.17) is 17.0 Å². The Morgan fingerprint density at radius 3 is 2.41 bits per heavy atom. The summed E-state index contributed by atoms with van der Waals surface area (Å²) in [6.45, 7) is 0. The molecule has 4 rings (SSSR count). The zero-order valence-electron chi connectivity index (χ0n) is 15.7. The normalized spacial score (nSPS) is 20.7. The van der Waals surface area contributed by atoms with Crippen molar-refractivity contribution < 1.29 is 14.3 Å². The van der Waals surface area contributed by atoms with Crippen LogP contribution in [0.2, 0.25) is 0 Å². The van der Waals surface area contributed by atoms with Gasteiger partial charge in [0, 0.05) is 0 Å². The molecule has 2 aromatic carbocycles. The third-order valence-corrected chi connectivity index (χ3v) is 5.17. The van der Waals surface area contributed by atoms with Crippen molar-refractivity contribution in [1.29, 1.82) is 0 Å². The van der Waals surface area contributed by atoms with Crippen molar-refractivity contribution >= 4 is 34.8 Å². The van der Waals surface area contributed by atoms with Crippen LogP contribution in [0.5, 0.6) is 11.5 Å². The van der Waals surface area contributed by atoms with E-state index in [1.807, 2.05) is 30.3 Å². The number of para-hydroxylation sites is 1. The fourth-order valence-corrected chi connectivity index (χ4v) is 3.68. The van der Waals surface area contributed by atoms with E-state index in [1.165, 1.54) is 4.90 Å². The van der Waals surface area contributed by atoms with Crippen molar-refractivity contribution in [1.82, 2.24) is 5.32 Å². The Morgan fingerprint density at radius 1 is 1.00 bits per heavy atom. The van der Waals surface area contributed by atoms with Crippen molar-refractivity contribution in [2.75, 3.05) is 4.90 Å². The molecule has 1 aliphatic heterocycles. The van der Waals surface area contributed by atoms with Gasteiger partial charge < -0.3 is 4.74 Å². The molecule has 5 nitrogen and oxygen atoms in total. The van der Waals surface area contributed by atoms with E-state index in [2.05, 4.69) is 17.5 Å². The average molecular weight is 404 g/mol. The largest absolute Gasteiger partial charge is 0.457 e. The third kappa shape index (κ3) is 4.27. The molecule has 2 aliphatic rings. The molecular formula is C23H20N2O3S. The second kappa shape index (κ2) is 8.41. The Labute approximate surface area is 174 Å². The first kappa shape index (κ1) is 19.1. The maximum atomic E-state index is 13.1. The minimum Gasteiger partial charge on any atom is -0.457 e. The summed E-state index contributed by atoms with van der Waals surface area (Å²) in [5.41, 5.74) is 0.721. The number of rotatable bonds is 4. The lowest BCUT2D eigenvalue weighted by atomic mass is 9.91. The van der Waals surface area contributed by atoms with Crippen LogP contribution < -0.4 is 15.0 Å².